The third-order valence-corrected chi connectivity index (χ3v) is 1.81. The molecule has 0 aromatic rings. The van der Waals surface area contributed by atoms with Gasteiger partial charge in [0, 0.05) is 0 Å². The molecule has 0 radical (unpaired) electrons. The van der Waals surface area contributed by atoms with Crippen molar-refractivity contribution >= 4 is 17.6 Å². The molecule has 0 saturated heterocycles. The van der Waals surface area contributed by atoms with Gasteiger partial charge in [0.15, 0.2) is 0 Å². The Morgan fingerprint density at radius 2 is 1.19 bits per heavy atom. The van der Waals surface area contributed by atoms with Gasteiger partial charge < -0.3 is 5.11 Å². The standard InChI is InChI=1S/C5HClF8O2/c6-2(7,1(15)16)3(8,9)4(10,11)5(12,13)14/h(H,15,16). The van der Waals surface area contributed by atoms with Crippen molar-refractivity contribution in [3.05, 3.63) is 0 Å². The van der Waals surface area contributed by atoms with E-state index in [1.165, 1.54) is 0 Å². The van der Waals surface area contributed by atoms with E-state index in [1.54, 1.807) is 0 Å². The van der Waals surface area contributed by atoms with Crippen LogP contribution in [0.15, 0.2) is 0 Å². The zero-order valence-electron chi connectivity index (χ0n) is 6.76. The lowest BCUT2D eigenvalue weighted by atomic mass is 10.1. The Morgan fingerprint density at radius 1 is 0.875 bits per heavy atom. The minimum atomic E-state index is -6.92. The largest absolute Gasteiger partial charge is 0.478 e. The monoisotopic (exact) mass is 280 g/mol. The Morgan fingerprint density at radius 3 is 1.38 bits per heavy atom. The average molecular weight is 280 g/mol. The van der Waals surface area contributed by atoms with Crippen LogP contribution in [0.4, 0.5) is 35.1 Å². The number of carbonyl (C=O) groups is 1. The van der Waals surface area contributed by atoms with Gasteiger partial charge in [0.2, 0.25) is 0 Å². The van der Waals surface area contributed by atoms with Crippen molar-refractivity contribution in [2.24, 2.45) is 0 Å². The molecule has 0 aliphatic carbocycles. The van der Waals surface area contributed by atoms with Crippen molar-refractivity contribution in [2.75, 3.05) is 0 Å². The van der Waals surface area contributed by atoms with Crippen LogP contribution in [-0.4, -0.2) is 34.2 Å². The number of halogens is 9. The molecule has 16 heavy (non-hydrogen) atoms. The van der Waals surface area contributed by atoms with Gasteiger partial charge in [-0.1, -0.05) is 11.6 Å². The van der Waals surface area contributed by atoms with Crippen molar-refractivity contribution < 1.29 is 45.0 Å². The Labute approximate surface area is 86.8 Å². The lowest BCUT2D eigenvalue weighted by molar-refractivity contribution is -0.368. The summed E-state index contributed by atoms with van der Waals surface area (Å²) >= 11 is 3.86. The van der Waals surface area contributed by atoms with Crippen molar-refractivity contribution in [1.82, 2.24) is 0 Å². The van der Waals surface area contributed by atoms with Gasteiger partial charge in [0.05, 0.1) is 0 Å². The van der Waals surface area contributed by atoms with Crippen LogP contribution in [0.3, 0.4) is 0 Å². The van der Waals surface area contributed by atoms with Gasteiger partial charge in [-0.15, -0.1) is 0 Å². The molecule has 0 aromatic heterocycles. The van der Waals surface area contributed by atoms with E-state index in [9.17, 15) is 39.9 Å². The summed E-state index contributed by atoms with van der Waals surface area (Å²) in [4.78, 5) is 9.75. The number of carboxylic acids is 1. The van der Waals surface area contributed by atoms with E-state index in [0.717, 1.165) is 0 Å². The lowest BCUT2D eigenvalue weighted by Gasteiger charge is -2.32. The summed E-state index contributed by atoms with van der Waals surface area (Å²) < 4.78 is 95.8. The van der Waals surface area contributed by atoms with E-state index in [1.807, 2.05) is 0 Å². The fourth-order valence-electron chi connectivity index (χ4n) is 0.509. The average Bonchev–Trinajstić information content (AvgIpc) is 2.00. The summed E-state index contributed by atoms with van der Waals surface area (Å²) in [6.45, 7) is 0. The van der Waals surface area contributed by atoms with Gasteiger partial charge in [0.1, 0.15) is 0 Å². The highest BCUT2D eigenvalue weighted by Gasteiger charge is 2.82. The van der Waals surface area contributed by atoms with Crippen molar-refractivity contribution in [1.29, 1.82) is 0 Å². The number of aliphatic carboxylic acids is 1. The molecule has 1 unspecified atom stereocenters. The summed E-state index contributed by atoms with van der Waals surface area (Å²) in [6, 6.07) is 0. The van der Waals surface area contributed by atoms with E-state index in [0.29, 0.717) is 0 Å². The maximum atomic E-state index is 12.5. The Kier molecular flexibility index (Phi) is 3.42. The molecular formula is C5HClF8O2. The molecule has 96 valence electrons. The molecule has 0 spiro atoms. The van der Waals surface area contributed by atoms with Crippen LogP contribution in [0, 0.1) is 0 Å². The van der Waals surface area contributed by atoms with Crippen LogP contribution in [0.25, 0.3) is 0 Å². The van der Waals surface area contributed by atoms with Gasteiger partial charge in [-0.25, -0.2) is 9.18 Å². The first-order valence-electron chi connectivity index (χ1n) is 3.13. The Bertz CT molecular complexity index is 295. The first kappa shape index (κ1) is 15.2. The first-order valence-corrected chi connectivity index (χ1v) is 3.51. The fraction of sp³-hybridized carbons (Fsp3) is 0.800. The van der Waals surface area contributed by atoms with Crippen LogP contribution in [-0.2, 0) is 4.79 Å². The van der Waals surface area contributed by atoms with Gasteiger partial charge >= 0.3 is 29.1 Å². The molecule has 0 aromatic carbocycles. The molecule has 11 heteroatoms. The molecule has 0 saturated carbocycles. The summed E-state index contributed by atoms with van der Waals surface area (Å²) in [5, 5.41) is 2.14. The second-order valence-electron chi connectivity index (χ2n) is 2.53. The molecule has 0 amide bonds. The molecule has 0 aliphatic heterocycles. The molecular weight excluding hydrogens is 279 g/mol. The van der Waals surface area contributed by atoms with E-state index >= 15 is 0 Å². The van der Waals surface area contributed by atoms with Crippen LogP contribution in [0.2, 0.25) is 0 Å². The highest BCUT2D eigenvalue weighted by molar-refractivity contribution is 6.33. The molecule has 0 heterocycles. The van der Waals surface area contributed by atoms with Crippen molar-refractivity contribution in [3.63, 3.8) is 0 Å². The van der Waals surface area contributed by atoms with Crippen molar-refractivity contribution in [3.8, 4) is 0 Å². The maximum absolute atomic E-state index is 12.5. The second kappa shape index (κ2) is 3.60. The lowest BCUT2D eigenvalue weighted by Crippen LogP contribution is -2.62. The maximum Gasteiger partial charge on any atom is 0.460 e. The number of rotatable bonds is 3. The predicted octanol–water partition coefficient (Wildman–Crippen LogP) is 2.81. The van der Waals surface area contributed by atoms with E-state index in [2.05, 4.69) is 11.6 Å². The van der Waals surface area contributed by atoms with Gasteiger partial charge in [-0.3, -0.25) is 0 Å². The third-order valence-electron chi connectivity index (χ3n) is 1.41. The SMILES string of the molecule is O=C(O)C(F)(Cl)C(F)(F)C(F)(F)C(F)(F)F. The van der Waals surface area contributed by atoms with Gasteiger partial charge in [-0.05, 0) is 0 Å². The van der Waals surface area contributed by atoms with Crippen LogP contribution < -0.4 is 0 Å². The van der Waals surface area contributed by atoms with Gasteiger partial charge in [0.25, 0.3) is 0 Å². The minimum absolute atomic E-state index is 3.36. The quantitative estimate of drug-likeness (QED) is 0.637. The number of alkyl halides is 9. The number of hydrogen-bond acceptors (Lipinski definition) is 1. The Hall–Kier alpha value is -0.800. The zero-order chi connectivity index (χ0) is 13.6. The van der Waals surface area contributed by atoms with E-state index < -0.39 is 29.1 Å². The fourth-order valence-corrected chi connectivity index (χ4v) is 0.628. The minimum Gasteiger partial charge on any atom is -0.478 e. The summed E-state index contributed by atoms with van der Waals surface area (Å²) in [5.74, 6) is -16.9. The highest BCUT2D eigenvalue weighted by atomic mass is 35.5. The molecule has 1 N–H and O–H groups in total. The molecule has 0 rings (SSSR count). The van der Waals surface area contributed by atoms with Crippen LogP contribution in [0.1, 0.15) is 0 Å². The third kappa shape index (κ3) is 1.89. The molecule has 0 aliphatic rings. The van der Waals surface area contributed by atoms with Crippen LogP contribution in [0.5, 0.6) is 0 Å². The van der Waals surface area contributed by atoms with Crippen LogP contribution >= 0.6 is 11.6 Å². The number of carboxylic acid groups (broad SMARTS) is 1. The smallest absolute Gasteiger partial charge is 0.460 e. The molecule has 2 nitrogen and oxygen atoms in total. The molecule has 1 atom stereocenters. The summed E-state index contributed by atoms with van der Waals surface area (Å²) in [7, 11) is 0. The molecule has 0 bridgehead atoms. The van der Waals surface area contributed by atoms with Gasteiger partial charge in [-0.2, -0.15) is 30.7 Å². The van der Waals surface area contributed by atoms with E-state index in [-0.39, 0.29) is 0 Å². The second-order valence-corrected chi connectivity index (χ2v) is 3.05. The predicted molar refractivity (Wildman–Crippen MR) is 33.3 cm³/mol. The summed E-state index contributed by atoms with van der Waals surface area (Å²) in [6.07, 6.45) is -6.85. The summed E-state index contributed by atoms with van der Waals surface area (Å²) in [5.41, 5.74) is 0. The van der Waals surface area contributed by atoms with Crippen molar-refractivity contribution in [2.45, 2.75) is 23.1 Å². The number of hydrogen-bond donors (Lipinski definition) is 1. The highest BCUT2D eigenvalue weighted by Crippen LogP contribution is 2.53. The van der Waals surface area contributed by atoms with E-state index in [4.69, 9.17) is 5.11 Å². The molecule has 0 fully saturated rings. The topological polar surface area (TPSA) is 37.3 Å². The normalized spacial score (nSPS) is 18.1. The first-order chi connectivity index (χ1) is 6.69. The Balaban J connectivity index is 5.62. The zero-order valence-corrected chi connectivity index (χ0v) is 7.51.